The van der Waals surface area contributed by atoms with Crippen LogP contribution >= 0.6 is 15.9 Å². The number of methoxy groups -OCH3 is 1. The lowest BCUT2D eigenvalue weighted by Gasteiger charge is -2.30. The summed E-state index contributed by atoms with van der Waals surface area (Å²) in [6.45, 7) is 4.71. The van der Waals surface area contributed by atoms with E-state index in [-0.39, 0.29) is 24.1 Å². The summed E-state index contributed by atoms with van der Waals surface area (Å²) in [6, 6.07) is 12.7. The number of amides is 2. The fourth-order valence-electron chi connectivity index (χ4n) is 3.04. The Hall–Kier alpha value is -2.80. The summed E-state index contributed by atoms with van der Waals surface area (Å²) >= 11 is 3.45. The van der Waals surface area contributed by atoms with Crippen molar-refractivity contribution in [3.8, 4) is 11.5 Å². The lowest BCUT2D eigenvalue weighted by Crippen LogP contribution is -2.44. The van der Waals surface area contributed by atoms with Gasteiger partial charge in [-0.25, -0.2) is 0 Å². The van der Waals surface area contributed by atoms with Crippen LogP contribution in [-0.4, -0.2) is 32.0 Å². The number of fused-ring (bicyclic) bond motifs is 1. The molecule has 0 radical (unpaired) electrons. The molecule has 0 unspecified atom stereocenters. The van der Waals surface area contributed by atoms with Gasteiger partial charge in [0.05, 0.1) is 17.3 Å². The molecule has 0 aromatic heterocycles. The average Bonchev–Trinajstić information content (AvgIpc) is 2.71. The highest BCUT2D eigenvalue weighted by Crippen LogP contribution is 2.36. The summed E-state index contributed by atoms with van der Waals surface area (Å²) in [5, 5.41) is 2.88. The number of hydrogen-bond acceptors (Lipinski definition) is 4. The van der Waals surface area contributed by atoms with Crippen molar-refractivity contribution in [2.75, 3.05) is 25.1 Å². The molecular weight excluding hydrogens is 448 g/mol. The summed E-state index contributed by atoms with van der Waals surface area (Å²) < 4.78 is 11.9. The number of anilines is 1. The molecular formula is C23H25BrN2O4. The van der Waals surface area contributed by atoms with Gasteiger partial charge in [-0.3, -0.25) is 14.5 Å². The number of halogens is 1. The summed E-state index contributed by atoms with van der Waals surface area (Å²) in [7, 11) is 1.59. The molecule has 0 saturated carbocycles. The van der Waals surface area contributed by atoms with Crippen molar-refractivity contribution >= 4 is 39.5 Å². The van der Waals surface area contributed by atoms with Gasteiger partial charge < -0.3 is 14.8 Å². The molecule has 0 spiro atoms. The van der Waals surface area contributed by atoms with E-state index >= 15 is 0 Å². The van der Waals surface area contributed by atoms with Crippen molar-refractivity contribution in [2.45, 2.75) is 20.3 Å². The number of nitrogens with one attached hydrogen (secondary N) is 1. The molecule has 1 N–H and O–H groups in total. The number of para-hydroxylation sites is 2. The van der Waals surface area contributed by atoms with Gasteiger partial charge in [-0.15, -0.1) is 0 Å². The maximum Gasteiger partial charge on any atom is 0.294 e. The Morgan fingerprint density at radius 1 is 1.27 bits per heavy atom. The highest BCUT2D eigenvalue weighted by Gasteiger charge is 2.31. The van der Waals surface area contributed by atoms with E-state index in [2.05, 4.69) is 35.1 Å². The number of carbonyl (C=O) groups is 2. The Morgan fingerprint density at radius 3 is 2.73 bits per heavy atom. The van der Waals surface area contributed by atoms with E-state index in [9.17, 15) is 9.59 Å². The first-order chi connectivity index (χ1) is 14.4. The Morgan fingerprint density at radius 2 is 2.03 bits per heavy atom. The van der Waals surface area contributed by atoms with Crippen molar-refractivity contribution < 1.29 is 19.1 Å². The fraction of sp³-hybridized carbons (Fsp3) is 0.304. The molecule has 7 heteroatoms. The van der Waals surface area contributed by atoms with Crippen molar-refractivity contribution in [2.24, 2.45) is 5.92 Å². The van der Waals surface area contributed by atoms with Gasteiger partial charge in [0.25, 0.3) is 5.91 Å². The highest BCUT2D eigenvalue weighted by atomic mass is 79.9. The second kappa shape index (κ2) is 9.80. The zero-order valence-corrected chi connectivity index (χ0v) is 18.9. The van der Waals surface area contributed by atoms with Gasteiger partial charge in [-0.2, -0.15) is 0 Å². The Bertz CT molecular complexity index is 971. The van der Waals surface area contributed by atoms with E-state index in [0.29, 0.717) is 29.6 Å². The van der Waals surface area contributed by atoms with Crippen LogP contribution in [0.3, 0.4) is 0 Å². The van der Waals surface area contributed by atoms with Gasteiger partial charge >= 0.3 is 0 Å². The van der Waals surface area contributed by atoms with Crippen LogP contribution in [0.2, 0.25) is 0 Å². The largest absolute Gasteiger partial charge is 0.496 e. The zero-order chi connectivity index (χ0) is 21.7. The summed E-state index contributed by atoms with van der Waals surface area (Å²) in [5.41, 5.74) is 1.35. The summed E-state index contributed by atoms with van der Waals surface area (Å²) in [6.07, 6.45) is 2.54. The molecule has 2 aromatic rings. The zero-order valence-electron chi connectivity index (χ0n) is 17.3. The third kappa shape index (κ3) is 5.21. The van der Waals surface area contributed by atoms with Crippen LogP contribution in [0, 0.1) is 5.92 Å². The third-order valence-electron chi connectivity index (χ3n) is 4.65. The van der Waals surface area contributed by atoms with Crippen molar-refractivity contribution in [1.29, 1.82) is 0 Å². The van der Waals surface area contributed by atoms with Crippen LogP contribution in [0.25, 0.3) is 6.08 Å². The van der Waals surface area contributed by atoms with E-state index < -0.39 is 0 Å². The molecule has 0 aliphatic carbocycles. The number of benzene rings is 2. The van der Waals surface area contributed by atoms with Gasteiger partial charge in [0.15, 0.2) is 11.5 Å². The molecule has 1 aliphatic heterocycles. The van der Waals surface area contributed by atoms with Gasteiger partial charge in [0.2, 0.25) is 5.91 Å². The molecule has 0 saturated heterocycles. The highest BCUT2D eigenvalue weighted by molar-refractivity contribution is 9.10. The Kier molecular flexibility index (Phi) is 7.15. The summed E-state index contributed by atoms with van der Waals surface area (Å²) in [5.74, 6) is 1.31. The minimum atomic E-state index is -0.361. The molecule has 158 valence electrons. The molecule has 6 nitrogen and oxygen atoms in total. The SMILES string of the molecule is COc1ccc(/C=C2\Oc3ccccc3N(CC(=O)NCCC(C)C)C2=O)cc1Br. The minimum absolute atomic E-state index is 0.0685. The van der Waals surface area contributed by atoms with Gasteiger partial charge in [0.1, 0.15) is 12.3 Å². The van der Waals surface area contributed by atoms with E-state index in [4.69, 9.17) is 9.47 Å². The molecule has 30 heavy (non-hydrogen) atoms. The molecule has 2 aromatic carbocycles. The average molecular weight is 473 g/mol. The molecule has 0 fully saturated rings. The van der Waals surface area contributed by atoms with E-state index in [1.165, 1.54) is 4.90 Å². The molecule has 0 bridgehead atoms. The van der Waals surface area contributed by atoms with Crippen molar-refractivity contribution in [1.82, 2.24) is 5.32 Å². The van der Waals surface area contributed by atoms with Gasteiger partial charge in [0, 0.05) is 6.54 Å². The lowest BCUT2D eigenvalue weighted by molar-refractivity contribution is -0.123. The van der Waals surface area contributed by atoms with Crippen LogP contribution in [0.4, 0.5) is 5.69 Å². The van der Waals surface area contributed by atoms with Crippen LogP contribution in [0.5, 0.6) is 11.5 Å². The molecule has 2 amide bonds. The number of rotatable bonds is 7. The molecule has 1 heterocycles. The first kappa shape index (κ1) is 21.9. The van der Waals surface area contributed by atoms with Gasteiger partial charge in [-0.1, -0.05) is 32.0 Å². The fourth-order valence-corrected chi connectivity index (χ4v) is 3.60. The second-order valence-electron chi connectivity index (χ2n) is 7.40. The van der Waals surface area contributed by atoms with Crippen LogP contribution in [0.15, 0.2) is 52.7 Å². The maximum atomic E-state index is 13.1. The Labute approximate surface area is 185 Å². The van der Waals surface area contributed by atoms with Crippen LogP contribution in [0.1, 0.15) is 25.8 Å². The first-order valence-electron chi connectivity index (χ1n) is 9.79. The smallest absolute Gasteiger partial charge is 0.294 e. The standard InChI is InChI=1S/C23H25BrN2O4/c1-15(2)10-11-25-22(27)14-26-18-6-4-5-7-20(18)30-21(23(26)28)13-16-8-9-19(29-3)17(24)12-16/h4-9,12-13,15H,10-11,14H2,1-3H3,(H,25,27)/b21-13-. The third-order valence-corrected chi connectivity index (χ3v) is 5.27. The molecule has 3 rings (SSSR count). The number of carbonyl (C=O) groups excluding carboxylic acids is 2. The van der Waals surface area contributed by atoms with E-state index in [1.807, 2.05) is 24.3 Å². The summed E-state index contributed by atoms with van der Waals surface area (Å²) in [4.78, 5) is 27.0. The quantitative estimate of drug-likeness (QED) is 0.606. The predicted molar refractivity (Wildman–Crippen MR) is 121 cm³/mol. The van der Waals surface area contributed by atoms with Crippen molar-refractivity contribution in [3.63, 3.8) is 0 Å². The minimum Gasteiger partial charge on any atom is -0.496 e. The van der Waals surface area contributed by atoms with E-state index in [0.717, 1.165) is 16.5 Å². The number of nitrogens with zero attached hydrogens (tertiary/aromatic N) is 1. The second-order valence-corrected chi connectivity index (χ2v) is 8.25. The lowest BCUT2D eigenvalue weighted by atomic mass is 10.1. The Balaban J connectivity index is 1.85. The molecule has 0 atom stereocenters. The van der Waals surface area contributed by atoms with E-state index in [1.54, 1.807) is 31.4 Å². The topological polar surface area (TPSA) is 67.9 Å². The van der Waals surface area contributed by atoms with Crippen LogP contribution in [-0.2, 0) is 9.59 Å². The number of ether oxygens (including phenoxy) is 2. The number of hydrogen-bond donors (Lipinski definition) is 1. The monoisotopic (exact) mass is 472 g/mol. The van der Waals surface area contributed by atoms with Crippen LogP contribution < -0.4 is 19.7 Å². The predicted octanol–water partition coefficient (Wildman–Crippen LogP) is 4.39. The van der Waals surface area contributed by atoms with Gasteiger partial charge in [-0.05, 0) is 64.2 Å². The normalized spacial score (nSPS) is 14.5. The first-order valence-corrected chi connectivity index (χ1v) is 10.6. The maximum absolute atomic E-state index is 13.1. The molecule has 1 aliphatic rings. The van der Waals surface area contributed by atoms with Crippen molar-refractivity contribution in [3.05, 3.63) is 58.3 Å².